The van der Waals surface area contributed by atoms with Crippen molar-refractivity contribution in [2.75, 3.05) is 32.9 Å². The van der Waals surface area contributed by atoms with Crippen LogP contribution in [0.4, 0.5) is 0 Å². The Morgan fingerprint density at radius 2 is 1.64 bits per heavy atom. The number of ether oxygens (including phenoxy) is 2. The van der Waals surface area contributed by atoms with Crippen LogP contribution in [0.1, 0.15) is 37.4 Å². The number of morpholine rings is 1. The van der Waals surface area contributed by atoms with Gasteiger partial charge in [0.15, 0.2) is 12.4 Å². The standard InChI is InChI=1S/C22H23NO5/c1-15-7-8-16(2)19(13-15)21(25)17-5-3-4-6-18(17)22(26)28-14-20(24)23-9-11-27-12-10-23/h3-8,13H,9-12,14H2,1-2H3. The van der Waals surface area contributed by atoms with E-state index in [0.717, 1.165) is 11.1 Å². The Kier molecular flexibility index (Phi) is 6.21. The molecule has 0 saturated carbocycles. The van der Waals surface area contributed by atoms with E-state index in [-0.39, 0.29) is 29.4 Å². The van der Waals surface area contributed by atoms with Crippen LogP contribution in [0.2, 0.25) is 0 Å². The average Bonchev–Trinajstić information content (AvgIpc) is 2.73. The van der Waals surface area contributed by atoms with Crippen LogP contribution < -0.4 is 0 Å². The lowest BCUT2D eigenvalue weighted by atomic mass is 9.94. The van der Waals surface area contributed by atoms with Gasteiger partial charge in [0.1, 0.15) is 0 Å². The molecule has 0 atom stereocenters. The molecular weight excluding hydrogens is 358 g/mol. The number of carbonyl (C=O) groups excluding carboxylic acids is 3. The first-order valence-corrected chi connectivity index (χ1v) is 9.21. The smallest absolute Gasteiger partial charge is 0.339 e. The molecule has 1 aliphatic heterocycles. The molecule has 0 aliphatic carbocycles. The minimum absolute atomic E-state index is 0.156. The molecule has 6 heteroatoms. The monoisotopic (exact) mass is 381 g/mol. The fraction of sp³-hybridized carbons (Fsp3) is 0.318. The molecule has 28 heavy (non-hydrogen) atoms. The Hall–Kier alpha value is -2.99. The predicted octanol–water partition coefficient (Wildman–Crippen LogP) is 2.55. The van der Waals surface area contributed by atoms with E-state index in [1.165, 1.54) is 0 Å². The molecular formula is C22H23NO5. The van der Waals surface area contributed by atoms with Crippen molar-refractivity contribution in [3.63, 3.8) is 0 Å². The molecule has 1 amide bonds. The highest BCUT2D eigenvalue weighted by Gasteiger charge is 2.23. The minimum Gasteiger partial charge on any atom is -0.452 e. The minimum atomic E-state index is -0.684. The molecule has 0 unspecified atom stereocenters. The van der Waals surface area contributed by atoms with Gasteiger partial charge in [0.2, 0.25) is 0 Å². The van der Waals surface area contributed by atoms with Crippen LogP contribution in [0.15, 0.2) is 42.5 Å². The number of aryl methyl sites for hydroxylation is 2. The number of benzene rings is 2. The SMILES string of the molecule is Cc1ccc(C)c(C(=O)c2ccccc2C(=O)OCC(=O)N2CCOCC2)c1. The molecule has 1 saturated heterocycles. The van der Waals surface area contributed by atoms with E-state index in [1.54, 1.807) is 29.2 Å². The summed E-state index contributed by atoms with van der Waals surface area (Å²) in [6, 6.07) is 12.1. The zero-order chi connectivity index (χ0) is 20.1. The molecule has 2 aromatic rings. The summed E-state index contributed by atoms with van der Waals surface area (Å²) >= 11 is 0. The van der Waals surface area contributed by atoms with Crippen molar-refractivity contribution in [2.45, 2.75) is 13.8 Å². The van der Waals surface area contributed by atoms with Crippen molar-refractivity contribution in [1.29, 1.82) is 0 Å². The van der Waals surface area contributed by atoms with E-state index in [2.05, 4.69) is 0 Å². The molecule has 146 valence electrons. The number of ketones is 1. The number of hydrogen-bond donors (Lipinski definition) is 0. The maximum Gasteiger partial charge on any atom is 0.339 e. The fourth-order valence-electron chi connectivity index (χ4n) is 3.09. The summed E-state index contributed by atoms with van der Waals surface area (Å²) in [5, 5.41) is 0. The van der Waals surface area contributed by atoms with Crippen molar-refractivity contribution in [3.05, 3.63) is 70.3 Å². The van der Waals surface area contributed by atoms with E-state index < -0.39 is 5.97 Å². The first kappa shape index (κ1) is 19.8. The molecule has 0 spiro atoms. The van der Waals surface area contributed by atoms with Crippen molar-refractivity contribution in [2.24, 2.45) is 0 Å². The summed E-state index contributed by atoms with van der Waals surface area (Å²) in [5.74, 6) is -1.20. The van der Waals surface area contributed by atoms with Crippen molar-refractivity contribution in [1.82, 2.24) is 4.90 Å². The highest BCUT2D eigenvalue weighted by molar-refractivity contribution is 6.15. The van der Waals surface area contributed by atoms with Gasteiger partial charge in [-0.1, -0.05) is 35.9 Å². The van der Waals surface area contributed by atoms with Crippen LogP contribution in [0, 0.1) is 13.8 Å². The van der Waals surface area contributed by atoms with Crippen LogP contribution in [-0.4, -0.2) is 55.5 Å². The largest absolute Gasteiger partial charge is 0.452 e. The molecule has 0 radical (unpaired) electrons. The van der Waals surface area contributed by atoms with Gasteiger partial charge in [0.25, 0.3) is 5.91 Å². The molecule has 3 rings (SSSR count). The second-order valence-corrected chi connectivity index (χ2v) is 6.76. The lowest BCUT2D eigenvalue weighted by Gasteiger charge is -2.26. The highest BCUT2D eigenvalue weighted by Crippen LogP contribution is 2.19. The van der Waals surface area contributed by atoms with Crippen LogP contribution in [0.3, 0.4) is 0 Å². The van der Waals surface area contributed by atoms with Gasteiger partial charge >= 0.3 is 5.97 Å². The Balaban J connectivity index is 1.76. The van der Waals surface area contributed by atoms with Gasteiger partial charge in [-0.05, 0) is 31.5 Å². The first-order chi connectivity index (χ1) is 13.5. The lowest BCUT2D eigenvalue weighted by Crippen LogP contribution is -2.42. The zero-order valence-corrected chi connectivity index (χ0v) is 16.1. The Morgan fingerprint density at radius 1 is 0.964 bits per heavy atom. The maximum atomic E-state index is 13.0. The Bertz CT molecular complexity index is 900. The van der Waals surface area contributed by atoms with Crippen molar-refractivity contribution < 1.29 is 23.9 Å². The molecule has 6 nitrogen and oxygen atoms in total. The third-order valence-corrected chi connectivity index (χ3v) is 4.72. The van der Waals surface area contributed by atoms with Gasteiger partial charge in [-0.2, -0.15) is 0 Å². The maximum absolute atomic E-state index is 13.0. The average molecular weight is 381 g/mol. The van der Waals surface area contributed by atoms with Crippen LogP contribution in [0.25, 0.3) is 0 Å². The molecule has 0 bridgehead atoms. The van der Waals surface area contributed by atoms with Gasteiger partial charge < -0.3 is 14.4 Å². The second-order valence-electron chi connectivity index (χ2n) is 6.76. The number of carbonyl (C=O) groups is 3. The predicted molar refractivity (Wildman–Crippen MR) is 103 cm³/mol. The van der Waals surface area contributed by atoms with E-state index in [4.69, 9.17) is 9.47 Å². The summed E-state index contributed by atoms with van der Waals surface area (Å²) in [4.78, 5) is 39.4. The van der Waals surface area contributed by atoms with Crippen LogP contribution >= 0.6 is 0 Å². The first-order valence-electron chi connectivity index (χ1n) is 9.21. The third kappa shape index (κ3) is 4.46. The van der Waals surface area contributed by atoms with Crippen molar-refractivity contribution >= 4 is 17.7 Å². The molecule has 2 aromatic carbocycles. The number of rotatable bonds is 5. The number of nitrogens with zero attached hydrogens (tertiary/aromatic N) is 1. The van der Waals surface area contributed by atoms with Gasteiger partial charge in [0, 0.05) is 24.2 Å². The normalized spacial score (nSPS) is 13.9. The second kappa shape index (κ2) is 8.80. The summed E-state index contributed by atoms with van der Waals surface area (Å²) in [6.07, 6.45) is 0. The molecule has 1 fully saturated rings. The third-order valence-electron chi connectivity index (χ3n) is 4.72. The van der Waals surface area contributed by atoms with Crippen LogP contribution in [-0.2, 0) is 14.3 Å². The van der Waals surface area contributed by atoms with Gasteiger partial charge in [-0.25, -0.2) is 4.79 Å². The lowest BCUT2D eigenvalue weighted by molar-refractivity contribution is -0.138. The number of esters is 1. The highest BCUT2D eigenvalue weighted by atomic mass is 16.5. The van der Waals surface area contributed by atoms with Gasteiger partial charge in [-0.15, -0.1) is 0 Å². The summed E-state index contributed by atoms with van der Waals surface area (Å²) in [6.45, 7) is 5.34. The quantitative estimate of drug-likeness (QED) is 0.588. The molecule has 1 heterocycles. The molecule has 1 aliphatic rings. The van der Waals surface area contributed by atoms with E-state index >= 15 is 0 Å². The Labute approximate surface area is 164 Å². The van der Waals surface area contributed by atoms with E-state index in [1.807, 2.05) is 32.0 Å². The van der Waals surface area contributed by atoms with Gasteiger partial charge in [0.05, 0.1) is 18.8 Å². The van der Waals surface area contributed by atoms with E-state index in [9.17, 15) is 14.4 Å². The number of amides is 1. The van der Waals surface area contributed by atoms with Gasteiger partial charge in [-0.3, -0.25) is 9.59 Å². The number of hydrogen-bond acceptors (Lipinski definition) is 5. The van der Waals surface area contributed by atoms with Crippen LogP contribution in [0.5, 0.6) is 0 Å². The summed E-state index contributed by atoms with van der Waals surface area (Å²) in [7, 11) is 0. The summed E-state index contributed by atoms with van der Waals surface area (Å²) < 4.78 is 10.4. The molecule has 0 aromatic heterocycles. The zero-order valence-electron chi connectivity index (χ0n) is 16.1. The Morgan fingerprint density at radius 3 is 2.36 bits per heavy atom. The summed E-state index contributed by atoms with van der Waals surface area (Å²) in [5.41, 5.74) is 2.76. The van der Waals surface area contributed by atoms with E-state index in [0.29, 0.717) is 31.9 Å². The molecule has 0 N–H and O–H groups in total. The van der Waals surface area contributed by atoms with Crippen molar-refractivity contribution in [3.8, 4) is 0 Å². The topological polar surface area (TPSA) is 72.9 Å². The fourth-order valence-corrected chi connectivity index (χ4v) is 3.09.